The van der Waals surface area contributed by atoms with Crippen molar-refractivity contribution < 1.29 is 0 Å². The Morgan fingerprint density at radius 3 is 3.20 bits per heavy atom. The van der Waals surface area contributed by atoms with Crippen molar-refractivity contribution in [2.45, 2.75) is 23.6 Å². The maximum Gasteiger partial charge on any atom is 0.136 e. The largest absolute Gasteiger partial charge is 0.351 e. The first-order valence-corrected chi connectivity index (χ1v) is 6.70. The average molecular weight is 242 g/mol. The fourth-order valence-electron chi connectivity index (χ4n) is 2.36. The number of aromatic nitrogens is 2. The third kappa shape index (κ3) is 1.60. The molecule has 2 aliphatic rings. The molecule has 0 aromatic carbocycles. The minimum atomic E-state index is 0.497. The molecule has 2 saturated heterocycles. The Hall–Kier alpha value is -0.480. The summed E-state index contributed by atoms with van der Waals surface area (Å²) in [5.74, 6) is 2.78. The zero-order valence-corrected chi connectivity index (χ0v) is 9.84. The van der Waals surface area contributed by atoms with Crippen LogP contribution >= 0.6 is 23.4 Å². The van der Waals surface area contributed by atoms with Gasteiger partial charge in [-0.2, -0.15) is 11.8 Å². The molecule has 0 saturated carbocycles. The quantitative estimate of drug-likeness (QED) is 0.740. The van der Waals surface area contributed by atoms with Gasteiger partial charge in [-0.3, -0.25) is 0 Å². The van der Waals surface area contributed by atoms with Gasteiger partial charge in [0, 0.05) is 35.3 Å². The van der Waals surface area contributed by atoms with Gasteiger partial charge in [0.25, 0.3) is 0 Å². The van der Waals surface area contributed by atoms with Crippen molar-refractivity contribution in [3.05, 3.63) is 18.1 Å². The molecule has 0 N–H and O–H groups in total. The number of fused-ring (bicyclic) bond motifs is 2. The summed E-state index contributed by atoms with van der Waals surface area (Å²) in [5.41, 5.74) is 1.05. The Kier molecular flexibility index (Phi) is 2.48. The zero-order valence-electron chi connectivity index (χ0n) is 8.27. The fraction of sp³-hybridized carbons (Fsp3) is 0.600. The molecule has 80 valence electrons. The molecule has 15 heavy (non-hydrogen) atoms. The second-order valence-corrected chi connectivity index (χ2v) is 5.60. The molecule has 2 aliphatic heterocycles. The molecule has 3 nitrogen and oxygen atoms in total. The van der Waals surface area contributed by atoms with Gasteiger partial charge >= 0.3 is 0 Å². The lowest BCUT2D eigenvalue weighted by Crippen LogP contribution is -2.35. The lowest BCUT2D eigenvalue weighted by atomic mass is 10.2. The Balaban J connectivity index is 1.92. The van der Waals surface area contributed by atoms with Crippen molar-refractivity contribution >= 4 is 29.2 Å². The van der Waals surface area contributed by atoms with E-state index in [0.717, 1.165) is 23.2 Å². The van der Waals surface area contributed by atoms with Crippen LogP contribution in [0.25, 0.3) is 0 Å². The second-order valence-electron chi connectivity index (χ2n) is 4.00. The van der Waals surface area contributed by atoms with Crippen LogP contribution in [0.4, 0.5) is 5.82 Å². The first-order valence-electron chi connectivity index (χ1n) is 5.11. The number of halogens is 1. The van der Waals surface area contributed by atoms with Crippen molar-refractivity contribution in [3.8, 4) is 0 Å². The summed E-state index contributed by atoms with van der Waals surface area (Å²) in [4.78, 5) is 10.8. The number of anilines is 1. The molecule has 2 bridgehead atoms. The molecule has 2 atom stereocenters. The minimum absolute atomic E-state index is 0.497. The summed E-state index contributed by atoms with van der Waals surface area (Å²) in [5, 5.41) is 0.799. The van der Waals surface area contributed by atoms with Gasteiger partial charge in [0.1, 0.15) is 12.1 Å². The highest BCUT2D eigenvalue weighted by Gasteiger charge is 2.39. The zero-order chi connectivity index (χ0) is 10.3. The van der Waals surface area contributed by atoms with Gasteiger partial charge in [-0.05, 0) is 6.42 Å². The number of thioether (sulfide) groups is 1. The van der Waals surface area contributed by atoms with E-state index < -0.39 is 0 Å². The molecule has 0 radical (unpaired) electrons. The third-order valence-corrected chi connectivity index (χ3v) is 4.76. The van der Waals surface area contributed by atoms with Crippen LogP contribution in [0.3, 0.4) is 0 Å². The van der Waals surface area contributed by atoms with Gasteiger partial charge in [0.2, 0.25) is 0 Å². The predicted molar refractivity (Wildman–Crippen MR) is 63.6 cm³/mol. The molecule has 1 aromatic heterocycles. The van der Waals surface area contributed by atoms with Gasteiger partial charge in [-0.1, -0.05) is 0 Å². The predicted octanol–water partition coefficient (Wildman–Crippen LogP) is 1.91. The van der Waals surface area contributed by atoms with E-state index in [4.69, 9.17) is 11.6 Å². The first-order chi connectivity index (χ1) is 7.38. The summed E-state index contributed by atoms with van der Waals surface area (Å²) in [6.45, 7) is 1.12. The maximum atomic E-state index is 5.90. The molecule has 3 heterocycles. The van der Waals surface area contributed by atoms with Crippen LogP contribution in [0.2, 0.25) is 0 Å². The summed E-state index contributed by atoms with van der Waals surface area (Å²) >= 11 is 7.99. The van der Waals surface area contributed by atoms with Gasteiger partial charge in [0.05, 0.1) is 5.88 Å². The molecule has 0 amide bonds. The highest BCUT2D eigenvalue weighted by atomic mass is 35.5. The van der Waals surface area contributed by atoms with Crippen LogP contribution in [-0.4, -0.2) is 33.6 Å². The fourth-order valence-corrected chi connectivity index (χ4v) is 3.99. The Bertz CT molecular complexity index is 373. The first kappa shape index (κ1) is 9.73. The number of hydrogen-bond donors (Lipinski definition) is 0. The van der Waals surface area contributed by atoms with Crippen LogP contribution in [0.1, 0.15) is 12.0 Å². The number of nitrogens with zero attached hydrogens (tertiary/aromatic N) is 3. The van der Waals surface area contributed by atoms with E-state index >= 15 is 0 Å². The van der Waals surface area contributed by atoms with E-state index in [2.05, 4.69) is 26.6 Å². The third-order valence-electron chi connectivity index (χ3n) is 3.08. The monoisotopic (exact) mass is 241 g/mol. The second kappa shape index (κ2) is 3.83. The van der Waals surface area contributed by atoms with Crippen LogP contribution in [0.5, 0.6) is 0 Å². The van der Waals surface area contributed by atoms with E-state index in [9.17, 15) is 0 Å². The molecule has 1 aromatic rings. The van der Waals surface area contributed by atoms with Gasteiger partial charge < -0.3 is 4.90 Å². The lowest BCUT2D eigenvalue weighted by Gasteiger charge is -2.28. The summed E-state index contributed by atoms with van der Waals surface area (Å²) < 4.78 is 0. The minimum Gasteiger partial charge on any atom is -0.351 e. The van der Waals surface area contributed by atoms with Crippen LogP contribution < -0.4 is 4.90 Å². The Morgan fingerprint density at radius 1 is 1.60 bits per heavy atom. The summed E-state index contributed by atoms with van der Waals surface area (Å²) in [6.07, 6.45) is 4.75. The van der Waals surface area contributed by atoms with Gasteiger partial charge in [0.15, 0.2) is 0 Å². The van der Waals surface area contributed by atoms with Gasteiger partial charge in [-0.25, -0.2) is 9.97 Å². The van der Waals surface area contributed by atoms with E-state index in [1.165, 1.54) is 12.2 Å². The van der Waals surface area contributed by atoms with E-state index in [-0.39, 0.29) is 0 Å². The van der Waals surface area contributed by atoms with Crippen molar-refractivity contribution in [2.24, 2.45) is 0 Å². The molecular formula is C10H12ClN3S. The Morgan fingerprint density at radius 2 is 2.53 bits per heavy atom. The van der Waals surface area contributed by atoms with Crippen molar-refractivity contribution in [2.75, 3.05) is 17.2 Å². The lowest BCUT2D eigenvalue weighted by molar-refractivity contribution is 0.746. The number of alkyl halides is 1. The molecule has 3 rings (SSSR count). The average Bonchev–Trinajstić information content (AvgIpc) is 2.90. The SMILES string of the molecule is ClCc1cncnc1N1CC2CC1CS2. The smallest absolute Gasteiger partial charge is 0.136 e. The van der Waals surface area contributed by atoms with Crippen molar-refractivity contribution in [1.29, 1.82) is 0 Å². The molecule has 5 heteroatoms. The highest BCUT2D eigenvalue weighted by molar-refractivity contribution is 8.00. The molecule has 2 unspecified atom stereocenters. The van der Waals surface area contributed by atoms with E-state index in [1.807, 2.05) is 6.20 Å². The normalized spacial score (nSPS) is 28.7. The van der Waals surface area contributed by atoms with E-state index in [0.29, 0.717) is 11.9 Å². The Labute approximate surface area is 98.2 Å². The summed E-state index contributed by atoms with van der Waals surface area (Å²) in [7, 11) is 0. The molecule has 0 spiro atoms. The van der Waals surface area contributed by atoms with Crippen molar-refractivity contribution in [1.82, 2.24) is 9.97 Å². The molecule has 2 fully saturated rings. The maximum absolute atomic E-state index is 5.90. The standard InChI is InChI=1S/C10H12ClN3S/c11-2-7-3-12-6-13-10(7)14-4-9-1-8(14)5-15-9/h3,6,8-9H,1-2,4-5H2. The van der Waals surface area contributed by atoms with Crippen LogP contribution in [0.15, 0.2) is 12.5 Å². The molecular weight excluding hydrogens is 230 g/mol. The topological polar surface area (TPSA) is 29.0 Å². The number of hydrogen-bond acceptors (Lipinski definition) is 4. The van der Waals surface area contributed by atoms with Gasteiger partial charge in [-0.15, -0.1) is 11.6 Å². The van der Waals surface area contributed by atoms with Crippen LogP contribution in [0, 0.1) is 0 Å². The van der Waals surface area contributed by atoms with Crippen molar-refractivity contribution in [3.63, 3.8) is 0 Å². The van der Waals surface area contributed by atoms with Crippen LogP contribution in [-0.2, 0) is 5.88 Å². The highest BCUT2D eigenvalue weighted by Crippen LogP contribution is 2.40. The van der Waals surface area contributed by atoms with E-state index in [1.54, 1.807) is 6.33 Å². The number of rotatable bonds is 2. The molecule has 0 aliphatic carbocycles. The summed E-state index contributed by atoms with van der Waals surface area (Å²) in [6, 6.07) is 0.664.